The number of hydrogen-bond acceptors (Lipinski definition) is 3. The maximum atomic E-state index is 12.2. The van der Waals surface area contributed by atoms with Crippen LogP contribution >= 0.6 is 11.6 Å². The number of methoxy groups -OCH3 is 1. The largest absolute Gasteiger partial charge is 0.496 e. The van der Waals surface area contributed by atoms with E-state index in [0.717, 1.165) is 5.56 Å². The number of urea groups is 1. The summed E-state index contributed by atoms with van der Waals surface area (Å²) in [7, 11) is 1.54. The second-order valence-electron chi connectivity index (χ2n) is 5.65. The number of halogens is 1. The number of hydrogen-bond donors (Lipinski definition) is 2. The van der Waals surface area contributed by atoms with Crippen molar-refractivity contribution in [3.05, 3.63) is 28.8 Å². The van der Waals surface area contributed by atoms with Crippen LogP contribution in [0.25, 0.3) is 0 Å². The van der Waals surface area contributed by atoms with Gasteiger partial charge in [0.15, 0.2) is 0 Å². The van der Waals surface area contributed by atoms with Crippen molar-refractivity contribution in [2.75, 3.05) is 20.2 Å². The van der Waals surface area contributed by atoms with E-state index in [9.17, 15) is 14.7 Å². The summed E-state index contributed by atoms with van der Waals surface area (Å²) in [6.45, 7) is 2.60. The third-order valence-electron chi connectivity index (χ3n) is 3.96. The van der Waals surface area contributed by atoms with Crippen LogP contribution in [0, 0.1) is 5.41 Å². The van der Waals surface area contributed by atoms with Gasteiger partial charge < -0.3 is 20.1 Å². The molecule has 0 aliphatic carbocycles. The molecule has 1 saturated heterocycles. The van der Waals surface area contributed by atoms with Crippen molar-refractivity contribution in [1.29, 1.82) is 0 Å². The minimum Gasteiger partial charge on any atom is -0.496 e. The standard InChI is InChI=1S/C15H19ClN2O4/c1-15(13(19)20)5-6-18(9-15)14(21)17-8-10-3-4-11(16)7-12(10)22-2/h3-4,7H,5-6,8-9H2,1-2H3,(H,17,21)(H,19,20). The van der Waals surface area contributed by atoms with Gasteiger partial charge in [0.05, 0.1) is 12.5 Å². The van der Waals surface area contributed by atoms with Gasteiger partial charge in [0.25, 0.3) is 0 Å². The minimum absolute atomic E-state index is 0.214. The molecule has 0 bridgehead atoms. The summed E-state index contributed by atoms with van der Waals surface area (Å²) in [5.74, 6) is -0.272. The third-order valence-corrected chi connectivity index (χ3v) is 4.19. The summed E-state index contributed by atoms with van der Waals surface area (Å²) in [4.78, 5) is 24.9. The number of rotatable bonds is 4. The Morgan fingerprint density at radius 1 is 1.50 bits per heavy atom. The molecule has 1 aliphatic heterocycles. The fraction of sp³-hybridized carbons (Fsp3) is 0.467. The zero-order valence-corrected chi connectivity index (χ0v) is 13.3. The number of amides is 2. The Hall–Kier alpha value is -1.95. The second-order valence-corrected chi connectivity index (χ2v) is 6.09. The lowest BCUT2D eigenvalue weighted by molar-refractivity contribution is -0.146. The van der Waals surface area contributed by atoms with E-state index >= 15 is 0 Å². The van der Waals surface area contributed by atoms with Crippen LogP contribution in [-0.4, -0.2) is 42.2 Å². The molecule has 0 saturated carbocycles. The second kappa shape index (κ2) is 6.44. The quantitative estimate of drug-likeness (QED) is 0.890. The molecule has 6 nitrogen and oxygen atoms in total. The number of carbonyl (C=O) groups is 2. The van der Waals surface area contributed by atoms with Crippen molar-refractivity contribution in [3.8, 4) is 5.75 Å². The molecule has 22 heavy (non-hydrogen) atoms. The van der Waals surface area contributed by atoms with Crippen LogP contribution in [0.1, 0.15) is 18.9 Å². The smallest absolute Gasteiger partial charge is 0.317 e. The molecule has 1 atom stereocenters. The van der Waals surface area contributed by atoms with Gasteiger partial charge in [-0.05, 0) is 25.5 Å². The van der Waals surface area contributed by atoms with Gasteiger partial charge in [-0.1, -0.05) is 17.7 Å². The number of aliphatic carboxylic acids is 1. The first-order chi connectivity index (χ1) is 10.4. The molecule has 1 aromatic carbocycles. The molecular formula is C15H19ClN2O4. The Labute approximate surface area is 134 Å². The van der Waals surface area contributed by atoms with Crippen molar-refractivity contribution >= 4 is 23.6 Å². The molecule has 2 amide bonds. The predicted molar refractivity (Wildman–Crippen MR) is 82.2 cm³/mol. The average molecular weight is 327 g/mol. The normalized spacial score (nSPS) is 20.8. The van der Waals surface area contributed by atoms with Crippen molar-refractivity contribution in [2.45, 2.75) is 19.9 Å². The van der Waals surface area contributed by atoms with E-state index in [1.807, 2.05) is 0 Å². The molecular weight excluding hydrogens is 308 g/mol. The van der Waals surface area contributed by atoms with Gasteiger partial charge in [-0.2, -0.15) is 0 Å². The summed E-state index contributed by atoms with van der Waals surface area (Å²) in [6.07, 6.45) is 0.458. The summed E-state index contributed by atoms with van der Waals surface area (Å²) in [5, 5.41) is 12.5. The molecule has 0 spiro atoms. The highest BCUT2D eigenvalue weighted by Gasteiger charge is 2.42. The monoisotopic (exact) mass is 326 g/mol. The number of nitrogens with one attached hydrogen (secondary N) is 1. The fourth-order valence-electron chi connectivity index (χ4n) is 2.46. The SMILES string of the molecule is COc1cc(Cl)ccc1CNC(=O)N1CCC(C)(C(=O)O)C1. The molecule has 7 heteroatoms. The molecule has 1 heterocycles. The number of ether oxygens (including phenoxy) is 1. The number of carbonyl (C=O) groups excluding carboxylic acids is 1. The van der Waals surface area contributed by atoms with E-state index < -0.39 is 11.4 Å². The lowest BCUT2D eigenvalue weighted by Gasteiger charge is -2.20. The van der Waals surface area contributed by atoms with E-state index in [2.05, 4.69) is 5.32 Å². The highest BCUT2D eigenvalue weighted by atomic mass is 35.5. The fourth-order valence-corrected chi connectivity index (χ4v) is 2.62. The Kier molecular flexibility index (Phi) is 4.81. The first-order valence-electron chi connectivity index (χ1n) is 6.94. The molecule has 0 radical (unpaired) electrons. The van der Waals surface area contributed by atoms with Gasteiger partial charge in [-0.25, -0.2) is 4.79 Å². The van der Waals surface area contributed by atoms with Crippen molar-refractivity contribution < 1.29 is 19.4 Å². The first-order valence-corrected chi connectivity index (χ1v) is 7.32. The average Bonchev–Trinajstić information content (AvgIpc) is 2.89. The van der Waals surface area contributed by atoms with Gasteiger partial charge in [0, 0.05) is 30.2 Å². The summed E-state index contributed by atoms with van der Waals surface area (Å²) in [6, 6.07) is 4.91. The van der Waals surface area contributed by atoms with Gasteiger partial charge >= 0.3 is 12.0 Å². The Bertz CT molecular complexity index is 593. The molecule has 0 aromatic heterocycles. The molecule has 1 fully saturated rings. The van der Waals surface area contributed by atoms with Gasteiger partial charge in [-0.15, -0.1) is 0 Å². The van der Waals surface area contributed by atoms with E-state index in [4.69, 9.17) is 16.3 Å². The number of likely N-dealkylation sites (tertiary alicyclic amines) is 1. The maximum absolute atomic E-state index is 12.2. The molecule has 2 rings (SSSR count). The minimum atomic E-state index is -0.873. The van der Waals surface area contributed by atoms with Crippen LogP contribution < -0.4 is 10.1 Å². The molecule has 1 aromatic rings. The zero-order chi connectivity index (χ0) is 16.3. The molecule has 120 valence electrons. The lowest BCUT2D eigenvalue weighted by Crippen LogP contribution is -2.40. The number of carboxylic acids is 1. The van der Waals surface area contributed by atoms with Crippen LogP contribution in [0.4, 0.5) is 4.79 Å². The van der Waals surface area contributed by atoms with Crippen LogP contribution in [0.3, 0.4) is 0 Å². The van der Waals surface area contributed by atoms with Crippen LogP contribution in [-0.2, 0) is 11.3 Å². The van der Waals surface area contributed by atoms with E-state index in [-0.39, 0.29) is 12.6 Å². The molecule has 2 N–H and O–H groups in total. The Morgan fingerprint density at radius 2 is 2.23 bits per heavy atom. The highest BCUT2D eigenvalue weighted by molar-refractivity contribution is 6.30. The van der Waals surface area contributed by atoms with E-state index in [1.165, 1.54) is 12.0 Å². The topological polar surface area (TPSA) is 78.9 Å². The highest BCUT2D eigenvalue weighted by Crippen LogP contribution is 2.30. The lowest BCUT2D eigenvalue weighted by atomic mass is 9.90. The predicted octanol–water partition coefficient (Wildman–Crippen LogP) is 2.35. The van der Waals surface area contributed by atoms with Crippen LogP contribution in [0.2, 0.25) is 5.02 Å². The maximum Gasteiger partial charge on any atom is 0.317 e. The van der Waals surface area contributed by atoms with Crippen LogP contribution in [0.5, 0.6) is 5.75 Å². The van der Waals surface area contributed by atoms with Gasteiger partial charge in [0.1, 0.15) is 5.75 Å². The van der Waals surface area contributed by atoms with Crippen molar-refractivity contribution in [1.82, 2.24) is 10.2 Å². The summed E-state index contributed by atoms with van der Waals surface area (Å²) < 4.78 is 5.22. The number of carboxylic acid groups (broad SMARTS) is 1. The van der Waals surface area contributed by atoms with E-state index in [0.29, 0.717) is 30.3 Å². The summed E-state index contributed by atoms with van der Waals surface area (Å²) in [5.41, 5.74) is -0.0598. The number of benzene rings is 1. The van der Waals surface area contributed by atoms with Crippen LogP contribution in [0.15, 0.2) is 18.2 Å². The Morgan fingerprint density at radius 3 is 2.82 bits per heavy atom. The Balaban J connectivity index is 1.95. The first kappa shape index (κ1) is 16.4. The molecule has 1 unspecified atom stereocenters. The van der Waals surface area contributed by atoms with Crippen molar-refractivity contribution in [2.24, 2.45) is 5.41 Å². The number of nitrogens with zero attached hydrogens (tertiary/aromatic N) is 1. The van der Waals surface area contributed by atoms with Crippen molar-refractivity contribution in [3.63, 3.8) is 0 Å². The zero-order valence-electron chi connectivity index (χ0n) is 12.6. The third kappa shape index (κ3) is 3.44. The van der Waals surface area contributed by atoms with Gasteiger partial charge in [-0.3, -0.25) is 4.79 Å². The van der Waals surface area contributed by atoms with Gasteiger partial charge in [0.2, 0.25) is 0 Å². The molecule has 1 aliphatic rings. The van der Waals surface area contributed by atoms with E-state index in [1.54, 1.807) is 25.1 Å². The summed E-state index contributed by atoms with van der Waals surface area (Å²) >= 11 is 5.89.